The molecule has 4 rings (SSSR count). The number of rotatable bonds is 5. The van der Waals surface area contributed by atoms with Gasteiger partial charge in [0.25, 0.3) is 17.5 Å². The number of nitrogens with one attached hydrogen (secondary N) is 1. The Morgan fingerprint density at radius 1 is 1.03 bits per heavy atom. The number of piperidine rings is 1. The van der Waals surface area contributed by atoms with Gasteiger partial charge in [0.2, 0.25) is 0 Å². The van der Waals surface area contributed by atoms with Gasteiger partial charge in [-0.25, -0.2) is 4.68 Å². The van der Waals surface area contributed by atoms with Gasteiger partial charge in [-0.2, -0.15) is 5.10 Å². The van der Waals surface area contributed by atoms with Gasteiger partial charge in [0.05, 0.1) is 22.4 Å². The van der Waals surface area contributed by atoms with Crippen molar-refractivity contribution in [3.8, 4) is 5.69 Å². The Bertz CT molecular complexity index is 1090. The van der Waals surface area contributed by atoms with E-state index in [9.17, 15) is 19.7 Å². The highest BCUT2D eigenvalue weighted by atomic mass is 16.6. The topological polar surface area (TPSA) is 123 Å². The molecule has 10 nitrogen and oxygen atoms in total. The van der Waals surface area contributed by atoms with E-state index in [0.717, 1.165) is 0 Å². The Kier molecular flexibility index (Phi) is 5.69. The van der Waals surface area contributed by atoms with Crippen LogP contribution in [0.4, 0.5) is 5.69 Å². The number of carbonyl (C=O) groups excluding carboxylic acids is 2. The molecule has 2 amide bonds. The van der Waals surface area contributed by atoms with Gasteiger partial charge in [0, 0.05) is 55.4 Å². The third kappa shape index (κ3) is 4.58. The number of nitrogens with zero attached hydrogens (tertiary/aromatic N) is 5. The van der Waals surface area contributed by atoms with E-state index in [-0.39, 0.29) is 23.5 Å². The second kappa shape index (κ2) is 8.74. The van der Waals surface area contributed by atoms with Crippen LogP contribution in [0, 0.1) is 10.1 Å². The molecule has 2 aromatic heterocycles. The maximum absolute atomic E-state index is 12.6. The zero-order valence-electron chi connectivity index (χ0n) is 16.5. The first-order valence-corrected chi connectivity index (χ1v) is 9.81. The summed E-state index contributed by atoms with van der Waals surface area (Å²) in [6.45, 7) is 1.13. The minimum Gasteiger partial charge on any atom is -0.349 e. The third-order valence-electron chi connectivity index (χ3n) is 5.21. The molecule has 3 aromatic rings. The number of hydrogen-bond donors (Lipinski definition) is 1. The number of hydrogen-bond acceptors (Lipinski definition) is 6. The maximum Gasteiger partial charge on any atom is 0.269 e. The van der Waals surface area contributed by atoms with E-state index in [1.54, 1.807) is 47.8 Å². The quantitative estimate of drug-likeness (QED) is 0.499. The summed E-state index contributed by atoms with van der Waals surface area (Å²) < 4.78 is 1.49. The second-order valence-electron chi connectivity index (χ2n) is 7.22. The van der Waals surface area contributed by atoms with Crippen LogP contribution in [0.1, 0.15) is 33.6 Å². The number of nitro benzene ring substituents is 1. The molecule has 0 aliphatic carbocycles. The highest BCUT2D eigenvalue weighted by molar-refractivity contribution is 5.95. The molecule has 0 bridgehead atoms. The van der Waals surface area contributed by atoms with E-state index in [1.807, 2.05) is 0 Å². The van der Waals surface area contributed by atoms with Gasteiger partial charge in [-0.15, -0.1) is 0 Å². The molecule has 1 N–H and O–H groups in total. The van der Waals surface area contributed by atoms with Crippen molar-refractivity contribution >= 4 is 17.5 Å². The Balaban J connectivity index is 1.32. The van der Waals surface area contributed by atoms with Crippen LogP contribution in [-0.2, 0) is 0 Å². The summed E-state index contributed by atoms with van der Waals surface area (Å²) in [6.07, 6.45) is 7.56. The minimum atomic E-state index is -0.471. The molecule has 1 aromatic carbocycles. The zero-order valence-corrected chi connectivity index (χ0v) is 16.5. The van der Waals surface area contributed by atoms with Gasteiger partial charge in [0.1, 0.15) is 0 Å². The largest absolute Gasteiger partial charge is 0.349 e. The first-order chi connectivity index (χ1) is 15.0. The van der Waals surface area contributed by atoms with Gasteiger partial charge in [0.15, 0.2) is 0 Å². The van der Waals surface area contributed by atoms with Crippen LogP contribution in [0.2, 0.25) is 0 Å². The summed E-state index contributed by atoms with van der Waals surface area (Å²) in [5, 5.41) is 17.9. The molecule has 1 aliphatic heterocycles. The Hall–Kier alpha value is -4.08. The SMILES string of the molecule is O=C(NC1CCN(C(=O)c2ccncc2)CC1)c1cnn(-c2ccc([N+](=O)[O-])cc2)c1. The molecule has 0 unspecified atom stereocenters. The minimum absolute atomic E-state index is 0.0115. The molecule has 10 heteroatoms. The van der Waals surface area contributed by atoms with E-state index >= 15 is 0 Å². The fraction of sp³-hybridized carbons (Fsp3) is 0.238. The number of benzene rings is 1. The van der Waals surface area contributed by atoms with Crippen LogP contribution in [0.3, 0.4) is 0 Å². The summed E-state index contributed by atoms with van der Waals surface area (Å²) in [5.41, 5.74) is 1.61. The number of amides is 2. The van der Waals surface area contributed by atoms with Crippen LogP contribution in [0.25, 0.3) is 5.69 Å². The average Bonchev–Trinajstić information content (AvgIpc) is 3.30. The standard InChI is InChI=1S/C21H20N6O4/c28-20(16-13-23-26(14-16)18-1-3-19(4-2-18)27(30)31)24-17-7-11-25(12-8-17)21(29)15-5-9-22-10-6-15/h1-6,9-10,13-14,17H,7-8,11-12H2,(H,24,28). The highest BCUT2D eigenvalue weighted by Gasteiger charge is 2.25. The average molecular weight is 420 g/mol. The number of likely N-dealkylation sites (tertiary alicyclic amines) is 1. The molecule has 0 saturated carbocycles. The van der Waals surface area contributed by atoms with Gasteiger partial charge in [-0.05, 0) is 37.1 Å². The van der Waals surface area contributed by atoms with E-state index in [0.29, 0.717) is 42.7 Å². The first-order valence-electron chi connectivity index (χ1n) is 9.81. The summed E-state index contributed by atoms with van der Waals surface area (Å²) >= 11 is 0. The van der Waals surface area contributed by atoms with Crippen LogP contribution >= 0.6 is 0 Å². The van der Waals surface area contributed by atoms with Crippen LogP contribution < -0.4 is 5.32 Å². The third-order valence-corrected chi connectivity index (χ3v) is 5.21. The number of pyridine rings is 1. The Morgan fingerprint density at radius 3 is 2.35 bits per heavy atom. The fourth-order valence-corrected chi connectivity index (χ4v) is 3.48. The predicted molar refractivity (Wildman–Crippen MR) is 111 cm³/mol. The number of nitro groups is 1. The van der Waals surface area contributed by atoms with Gasteiger partial charge in [-0.3, -0.25) is 24.7 Å². The van der Waals surface area contributed by atoms with E-state index in [4.69, 9.17) is 0 Å². The van der Waals surface area contributed by atoms with Crippen molar-refractivity contribution in [3.63, 3.8) is 0 Å². The van der Waals surface area contributed by atoms with Gasteiger partial charge >= 0.3 is 0 Å². The van der Waals surface area contributed by atoms with Crippen molar-refractivity contribution in [2.24, 2.45) is 0 Å². The van der Waals surface area contributed by atoms with Crippen LogP contribution in [0.15, 0.2) is 61.2 Å². The molecular weight excluding hydrogens is 400 g/mol. The molecule has 158 valence electrons. The molecule has 0 atom stereocenters. The van der Waals surface area contributed by atoms with E-state index < -0.39 is 4.92 Å². The summed E-state index contributed by atoms with van der Waals surface area (Å²) in [7, 11) is 0. The van der Waals surface area contributed by atoms with Crippen molar-refractivity contribution in [1.82, 2.24) is 25.0 Å². The smallest absolute Gasteiger partial charge is 0.269 e. The van der Waals surface area contributed by atoms with Crippen molar-refractivity contribution < 1.29 is 14.5 Å². The molecule has 1 aliphatic rings. The van der Waals surface area contributed by atoms with E-state index in [2.05, 4.69) is 15.4 Å². The van der Waals surface area contributed by atoms with Gasteiger partial charge < -0.3 is 10.2 Å². The number of non-ortho nitro benzene ring substituents is 1. The first kappa shape index (κ1) is 20.2. The molecule has 1 saturated heterocycles. The fourth-order valence-electron chi connectivity index (χ4n) is 3.48. The lowest BCUT2D eigenvalue weighted by Gasteiger charge is -2.32. The van der Waals surface area contributed by atoms with E-state index in [1.165, 1.54) is 23.0 Å². The molecule has 31 heavy (non-hydrogen) atoms. The Labute approximate surface area is 177 Å². The molecular formula is C21H20N6O4. The van der Waals surface area contributed by atoms with Crippen molar-refractivity contribution in [2.45, 2.75) is 18.9 Å². The molecule has 3 heterocycles. The monoisotopic (exact) mass is 420 g/mol. The molecule has 0 radical (unpaired) electrons. The predicted octanol–water partition coefficient (Wildman–Crippen LogP) is 2.21. The normalized spacial score (nSPS) is 14.3. The van der Waals surface area contributed by atoms with Crippen LogP contribution in [0.5, 0.6) is 0 Å². The summed E-state index contributed by atoms with van der Waals surface area (Å²) in [4.78, 5) is 41.1. The zero-order chi connectivity index (χ0) is 21.8. The molecule has 0 spiro atoms. The van der Waals surface area contributed by atoms with Gasteiger partial charge in [-0.1, -0.05) is 0 Å². The highest BCUT2D eigenvalue weighted by Crippen LogP contribution is 2.17. The lowest BCUT2D eigenvalue weighted by atomic mass is 10.0. The number of aromatic nitrogens is 3. The lowest BCUT2D eigenvalue weighted by molar-refractivity contribution is -0.384. The lowest BCUT2D eigenvalue weighted by Crippen LogP contribution is -2.46. The maximum atomic E-state index is 12.6. The summed E-state index contributed by atoms with van der Waals surface area (Å²) in [6, 6.07) is 9.27. The van der Waals surface area contributed by atoms with Crippen molar-refractivity contribution in [2.75, 3.05) is 13.1 Å². The summed E-state index contributed by atoms with van der Waals surface area (Å²) in [5.74, 6) is -0.274. The van der Waals surface area contributed by atoms with Crippen molar-refractivity contribution in [1.29, 1.82) is 0 Å². The van der Waals surface area contributed by atoms with Crippen LogP contribution in [-0.4, -0.2) is 55.5 Å². The second-order valence-corrected chi connectivity index (χ2v) is 7.22. The number of carbonyl (C=O) groups is 2. The Morgan fingerprint density at radius 2 is 1.71 bits per heavy atom. The van der Waals surface area contributed by atoms with Crippen molar-refractivity contribution in [3.05, 3.63) is 82.4 Å². The molecule has 1 fully saturated rings.